The molecule has 1 aliphatic heterocycles. The van der Waals surface area contributed by atoms with E-state index in [2.05, 4.69) is 4.98 Å². The van der Waals surface area contributed by atoms with Crippen molar-refractivity contribution in [3.05, 3.63) is 40.7 Å². The first-order chi connectivity index (χ1) is 8.68. The molecule has 1 atom stereocenters. The summed E-state index contributed by atoms with van der Waals surface area (Å²) in [4.78, 5) is 4.44. The van der Waals surface area contributed by atoms with Crippen LogP contribution in [0.1, 0.15) is 30.3 Å². The molecule has 94 valence electrons. The number of halogens is 1. The molecule has 1 N–H and O–H groups in total. The van der Waals surface area contributed by atoms with Crippen LogP contribution in [0.4, 0.5) is 0 Å². The molecule has 18 heavy (non-hydrogen) atoms. The van der Waals surface area contributed by atoms with Crippen LogP contribution in [0, 0.1) is 6.92 Å². The van der Waals surface area contributed by atoms with E-state index in [4.69, 9.17) is 11.6 Å². The zero-order valence-electron chi connectivity index (χ0n) is 10.2. The van der Waals surface area contributed by atoms with E-state index >= 15 is 0 Å². The van der Waals surface area contributed by atoms with Crippen LogP contribution < -0.4 is 0 Å². The highest BCUT2D eigenvalue weighted by Gasteiger charge is 2.25. The summed E-state index contributed by atoms with van der Waals surface area (Å²) in [5, 5.41) is 10.7. The Balaban J connectivity index is 2.22. The smallest absolute Gasteiger partial charge is 0.151 e. The minimum absolute atomic E-state index is 0.511. The highest BCUT2D eigenvalue weighted by Crippen LogP contribution is 2.35. The van der Waals surface area contributed by atoms with Gasteiger partial charge in [0.05, 0.1) is 5.69 Å². The molecule has 2 aromatic rings. The third-order valence-electron chi connectivity index (χ3n) is 3.52. The lowest BCUT2D eigenvalue weighted by Crippen LogP contribution is -2.18. The first kappa shape index (κ1) is 11.8. The average molecular weight is 263 g/mol. The van der Waals surface area contributed by atoms with Crippen molar-refractivity contribution < 1.29 is 5.11 Å². The summed E-state index contributed by atoms with van der Waals surface area (Å²) in [6.45, 7) is 2.04. The van der Waals surface area contributed by atoms with Gasteiger partial charge in [0.1, 0.15) is 12.1 Å². The summed E-state index contributed by atoms with van der Waals surface area (Å²) < 4.78 is 1.88. The second kappa shape index (κ2) is 4.41. The van der Waals surface area contributed by atoms with Gasteiger partial charge in [-0.3, -0.25) is 0 Å². The van der Waals surface area contributed by atoms with Crippen LogP contribution in [0.15, 0.2) is 24.3 Å². The molecule has 3 rings (SSSR count). The Kier molecular flexibility index (Phi) is 2.88. The first-order valence-corrected chi connectivity index (χ1v) is 6.57. The molecular weight excluding hydrogens is 248 g/mol. The maximum atomic E-state index is 10.2. The van der Waals surface area contributed by atoms with Crippen molar-refractivity contribution in [1.82, 2.24) is 9.55 Å². The number of hydrogen-bond donors (Lipinski definition) is 1. The van der Waals surface area contributed by atoms with E-state index < -0.39 is 6.23 Å². The van der Waals surface area contributed by atoms with Crippen LogP contribution in [0.5, 0.6) is 0 Å². The summed E-state index contributed by atoms with van der Waals surface area (Å²) in [5.41, 5.74) is 3.13. The molecule has 0 fully saturated rings. The van der Waals surface area contributed by atoms with Gasteiger partial charge in [-0.1, -0.05) is 35.9 Å². The predicted molar refractivity (Wildman–Crippen MR) is 71.6 cm³/mol. The van der Waals surface area contributed by atoms with Crippen LogP contribution in [0.25, 0.3) is 11.4 Å². The molecule has 0 spiro atoms. The maximum absolute atomic E-state index is 10.2. The van der Waals surface area contributed by atoms with Crippen molar-refractivity contribution in [2.24, 2.45) is 0 Å². The second-order valence-electron chi connectivity index (χ2n) is 4.73. The number of aliphatic hydroxyl groups is 1. The fraction of sp³-hybridized carbons (Fsp3) is 0.357. The number of rotatable bonds is 1. The van der Waals surface area contributed by atoms with Crippen LogP contribution in [-0.2, 0) is 6.42 Å². The fourth-order valence-electron chi connectivity index (χ4n) is 2.58. The Morgan fingerprint density at radius 2 is 2.17 bits per heavy atom. The molecule has 1 aromatic carbocycles. The van der Waals surface area contributed by atoms with E-state index in [-0.39, 0.29) is 0 Å². The van der Waals surface area contributed by atoms with Crippen LogP contribution in [-0.4, -0.2) is 14.7 Å². The van der Waals surface area contributed by atoms with Gasteiger partial charge in [-0.15, -0.1) is 0 Å². The van der Waals surface area contributed by atoms with Crippen molar-refractivity contribution in [3.63, 3.8) is 0 Å². The average Bonchev–Trinajstić information content (AvgIpc) is 2.69. The molecule has 1 aromatic heterocycles. The number of aromatic nitrogens is 2. The van der Waals surface area contributed by atoms with Gasteiger partial charge in [-0.25, -0.2) is 4.98 Å². The molecule has 4 heteroatoms. The van der Waals surface area contributed by atoms with Gasteiger partial charge in [0.25, 0.3) is 0 Å². The zero-order valence-corrected chi connectivity index (χ0v) is 11.0. The Labute approximate surface area is 111 Å². The lowest BCUT2D eigenvalue weighted by atomic mass is 10.1. The predicted octanol–water partition coefficient (Wildman–Crippen LogP) is 3.34. The normalized spacial score (nSPS) is 18.7. The molecule has 1 aliphatic rings. The summed E-state index contributed by atoms with van der Waals surface area (Å²) in [6.07, 6.45) is 2.09. The summed E-state index contributed by atoms with van der Waals surface area (Å²) in [7, 11) is 0. The van der Waals surface area contributed by atoms with Gasteiger partial charge in [0.2, 0.25) is 0 Å². The molecule has 0 saturated heterocycles. The van der Waals surface area contributed by atoms with E-state index in [0.717, 1.165) is 41.9 Å². The van der Waals surface area contributed by atoms with Crippen molar-refractivity contribution in [2.75, 3.05) is 0 Å². The summed E-state index contributed by atoms with van der Waals surface area (Å²) in [5.74, 6) is 0.778. The highest BCUT2D eigenvalue weighted by molar-refractivity contribution is 6.30. The number of aliphatic hydroxyl groups excluding tert-OH is 1. The van der Waals surface area contributed by atoms with Crippen LogP contribution in [0.3, 0.4) is 0 Å². The third kappa shape index (κ3) is 1.74. The van der Waals surface area contributed by atoms with Gasteiger partial charge in [-0.05, 0) is 31.7 Å². The quantitative estimate of drug-likeness (QED) is 0.856. The SMILES string of the molecule is Cc1ccccc1-c1nc(Cl)c2n1C(O)CCC2. The molecule has 0 amide bonds. The van der Waals surface area contributed by atoms with Gasteiger partial charge in [0.15, 0.2) is 5.15 Å². The Morgan fingerprint density at radius 3 is 2.94 bits per heavy atom. The molecule has 0 bridgehead atoms. The molecule has 1 unspecified atom stereocenters. The van der Waals surface area contributed by atoms with E-state index in [0.29, 0.717) is 5.15 Å². The van der Waals surface area contributed by atoms with E-state index in [1.807, 2.05) is 35.8 Å². The van der Waals surface area contributed by atoms with E-state index in [1.165, 1.54) is 0 Å². The minimum atomic E-state index is -0.511. The Bertz CT molecular complexity index is 591. The van der Waals surface area contributed by atoms with Crippen molar-refractivity contribution in [2.45, 2.75) is 32.4 Å². The Hall–Kier alpha value is -1.32. The van der Waals surface area contributed by atoms with Crippen molar-refractivity contribution in [1.29, 1.82) is 0 Å². The number of hydrogen-bond acceptors (Lipinski definition) is 2. The lowest BCUT2D eigenvalue weighted by molar-refractivity contribution is 0.0807. The topological polar surface area (TPSA) is 38.0 Å². The molecule has 0 radical (unpaired) electrons. The molecule has 2 heterocycles. The minimum Gasteiger partial charge on any atom is -0.373 e. The molecule has 0 saturated carbocycles. The number of nitrogens with zero attached hydrogens (tertiary/aromatic N) is 2. The lowest BCUT2D eigenvalue weighted by Gasteiger charge is -2.23. The first-order valence-electron chi connectivity index (χ1n) is 6.19. The highest BCUT2D eigenvalue weighted by atomic mass is 35.5. The van der Waals surface area contributed by atoms with Crippen molar-refractivity contribution >= 4 is 11.6 Å². The van der Waals surface area contributed by atoms with Crippen LogP contribution in [0.2, 0.25) is 5.15 Å². The molecular formula is C14H15ClN2O. The number of aryl methyl sites for hydroxylation is 1. The van der Waals surface area contributed by atoms with Crippen LogP contribution >= 0.6 is 11.6 Å². The van der Waals surface area contributed by atoms with Gasteiger partial charge in [0, 0.05) is 5.56 Å². The van der Waals surface area contributed by atoms with Crippen molar-refractivity contribution in [3.8, 4) is 11.4 Å². The number of fused-ring (bicyclic) bond motifs is 1. The second-order valence-corrected chi connectivity index (χ2v) is 5.09. The van der Waals surface area contributed by atoms with Gasteiger partial charge < -0.3 is 9.67 Å². The standard InChI is InChI=1S/C14H15ClN2O/c1-9-5-2-3-6-10(9)14-16-13(15)11-7-4-8-12(18)17(11)14/h2-3,5-6,12,18H,4,7-8H2,1H3. The molecule has 0 aliphatic carbocycles. The summed E-state index contributed by atoms with van der Waals surface area (Å²) in [6, 6.07) is 8.03. The number of imidazole rings is 1. The molecule has 3 nitrogen and oxygen atoms in total. The number of benzene rings is 1. The largest absolute Gasteiger partial charge is 0.373 e. The van der Waals surface area contributed by atoms with Gasteiger partial charge in [-0.2, -0.15) is 0 Å². The maximum Gasteiger partial charge on any atom is 0.151 e. The monoisotopic (exact) mass is 262 g/mol. The third-order valence-corrected chi connectivity index (χ3v) is 3.82. The Morgan fingerprint density at radius 1 is 1.39 bits per heavy atom. The van der Waals surface area contributed by atoms with Gasteiger partial charge >= 0.3 is 0 Å². The van der Waals surface area contributed by atoms with E-state index in [9.17, 15) is 5.11 Å². The van der Waals surface area contributed by atoms with E-state index in [1.54, 1.807) is 0 Å². The zero-order chi connectivity index (χ0) is 12.7. The fourth-order valence-corrected chi connectivity index (χ4v) is 2.84. The summed E-state index contributed by atoms with van der Waals surface area (Å²) >= 11 is 6.19.